The van der Waals surface area contributed by atoms with E-state index in [0.29, 0.717) is 21.6 Å². The van der Waals surface area contributed by atoms with E-state index in [1.807, 2.05) is 30.3 Å². The minimum absolute atomic E-state index is 0.103. The van der Waals surface area contributed by atoms with Gasteiger partial charge in [0.15, 0.2) is 4.80 Å². The second-order valence-electron chi connectivity index (χ2n) is 7.39. The van der Waals surface area contributed by atoms with Crippen molar-refractivity contribution in [1.29, 1.82) is 0 Å². The van der Waals surface area contributed by atoms with Gasteiger partial charge >= 0.3 is 0 Å². The Bertz CT molecular complexity index is 1480. The molecule has 0 aliphatic rings. The molecule has 9 heteroatoms. The molecule has 0 unspecified atom stereocenters. The van der Waals surface area contributed by atoms with Crippen LogP contribution in [0.1, 0.15) is 22.8 Å². The molecule has 0 aliphatic carbocycles. The lowest BCUT2D eigenvalue weighted by atomic mass is 10.2. The van der Waals surface area contributed by atoms with Gasteiger partial charge in [0.1, 0.15) is 5.82 Å². The zero-order valence-corrected chi connectivity index (χ0v) is 19.7. The van der Waals surface area contributed by atoms with Gasteiger partial charge in [0.25, 0.3) is 5.91 Å². The van der Waals surface area contributed by atoms with Gasteiger partial charge in [0.2, 0.25) is 10.0 Å². The Morgan fingerprint density at radius 2 is 1.73 bits per heavy atom. The predicted molar refractivity (Wildman–Crippen MR) is 127 cm³/mol. The van der Waals surface area contributed by atoms with Crippen LogP contribution in [0.25, 0.3) is 10.2 Å². The maximum Gasteiger partial charge on any atom is 0.279 e. The molecule has 0 N–H and O–H groups in total. The molecule has 1 heterocycles. The van der Waals surface area contributed by atoms with Crippen LogP contribution >= 0.6 is 11.3 Å². The van der Waals surface area contributed by atoms with E-state index in [1.54, 1.807) is 26.1 Å². The molecule has 3 aromatic carbocycles. The molecule has 6 nitrogen and oxygen atoms in total. The van der Waals surface area contributed by atoms with Crippen molar-refractivity contribution in [3.8, 4) is 0 Å². The molecule has 33 heavy (non-hydrogen) atoms. The molecule has 0 fully saturated rings. The van der Waals surface area contributed by atoms with Crippen LogP contribution in [0.3, 0.4) is 0 Å². The molecule has 0 spiro atoms. The second-order valence-corrected chi connectivity index (χ2v) is 10.3. The number of rotatable bonds is 6. The van der Waals surface area contributed by atoms with Crippen LogP contribution in [0.2, 0.25) is 0 Å². The SMILES string of the molecule is CCN(Cc1ccccc1)S(=O)(=O)c1ccc(C(=O)N=c2sc3cccc(F)c3n2C)cc1. The first-order valence-corrected chi connectivity index (χ1v) is 12.5. The monoisotopic (exact) mass is 483 g/mol. The molecule has 4 aromatic rings. The van der Waals surface area contributed by atoms with Crippen molar-refractivity contribution < 1.29 is 17.6 Å². The summed E-state index contributed by atoms with van der Waals surface area (Å²) < 4.78 is 43.9. The van der Waals surface area contributed by atoms with E-state index in [0.717, 1.165) is 5.56 Å². The highest BCUT2D eigenvalue weighted by Crippen LogP contribution is 2.21. The van der Waals surface area contributed by atoms with Gasteiger partial charge in [-0.3, -0.25) is 4.79 Å². The largest absolute Gasteiger partial charge is 0.317 e. The van der Waals surface area contributed by atoms with Crippen molar-refractivity contribution in [2.75, 3.05) is 6.54 Å². The molecule has 170 valence electrons. The fourth-order valence-corrected chi connectivity index (χ4v) is 5.96. The molecule has 1 aromatic heterocycles. The summed E-state index contributed by atoms with van der Waals surface area (Å²) in [4.78, 5) is 17.3. The Labute approximate surface area is 195 Å². The lowest BCUT2D eigenvalue weighted by Crippen LogP contribution is -2.30. The molecular formula is C24H22FN3O3S2. The molecule has 0 aliphatic heterocycles. The van der Waals surface area contributed by atoms with Gasteiger partial charge in [0.05, 0.1) is 15.1 Å². The fraction of sp³-hybridized carbons (Fsp3) is 0.167. The number of carbonyl (C=O) groups excluding carboxylic acids is 1. The van der Waals surface area contributed by atoms with Gasteiger partial charge in [-0.1, -0.05) is 54.7 Å². The number of sulfonamides is 1. The minimum atomic E-state index is -3.73. The van der Waals surface area contributed by atoms with E-state index in [1.165, 1.54) is 50.5 Å². The average Bonchev–Trinajstić information content (AvgIpc) is 3.14. The van der Waals surface area contributed by atoms with Crippen LogP contribution in [0.5, 0.6) is 0 Å². The van der Waals surface area contributed by atoms with E-state index in [4.69, 9.17) is 0 Å². The highest BCUT2D eigenvalue weighted by Gasteiger charge is 2.23. The number of aryl methyl sites for hydroxylation is 1. The Balaban J connectivity index is 1.60. The Morgan fingerprint density at radius 3 is 2.36 bits per heavy atom. The molecule has 4 rings (SSSR count). The third-order valence-corrected chi connectivity index (χ3v) is 8.30. The van der Waals surface area contributed by atoms with E-state index in [-0.39, 0.29) is 22.8 Å². The van der Waals surface area contributed by atoms with Crippen LogP contribution in [0.15, 0.2) is 82.7 Å². The van der Waals surface area contributed by atoms with E-state index < -0.39 is 15.9 Å². The summed E-state index contributed by atoms with van der Waals surface area (Å²) in [5, 5.41) is 0. The average molecular weight is 484 g/mol. The quantitative estimate of drug-likeness (QED) is 0.410. The van der Waals surface area contributed by atoms with Crippen LogP contribution in [0, 0.1) is 5.82 Å². The number of thiazole rings is 1. The Kier molecular flexibility index (Phi) is 6.55. The number of hydrogen-bond acceptors (Lipinski definition) is 4. The van der Waals surface area contributed by atoms with Gasteiger partial charge in [-0.25, -0.2) is 12.8 Å². The number of benzene rings is 3. The molecule has 1 amide bonds. The molecule has 0 bridgehead atoms. The number of fused-ring (bicyclic) bond motifs is 1. The van der Waals surface area contributed by atoms with Crippen molar-refractivity contribution >= 4 is 37.5 Å². The van der Waals surface area contributed by atoms with Gasteiger partial charge in [-0.05, 0) is 42.0 Å². The predicted octanol–water partition coefficient (Wildman–Crippen LogP) is 4.33. The van der Waals surface area contributed by atoms with Crippen LogP contribution in [-0.4, -0.2) is 29.7 Å². The highest BCUT2D eigenvalue weighted by atomic mass is 32.2. The summed E-state index contributed by atoms with van der Waals surface area (Å²) in [5.74, 6) is -0.913. The van der Waals surface area contributed by atoms with Crippen LogP contribution < -0.4 is 4.80 Å². The lowest BCUT2D eigenvalue weighted by Gasteiger charge is -2.20. The Morgan fingerprint density at radius 1 is 1.03 bits per heavy atom. The van der Waals surface area contributed by atoms with Crippen molar-refractivity contribution in [2.45, 2.75) is 18.4 Å². The number of aromatic nitrogens is 1. The number of para-hydroxylation sites is 1. The zero-order chi connectivity index (χ0) is 23.6. The first kappa shape index (κ1) is 23.0. The van der Waals surface area contributed by atoms with Crippen molar-refractivity contribution in [3.63, 3.8) is 0 Å². The molecule has 0 saturated carbocycles. The van der Waals surface area contributed by atoms with E-state index in [2.05, 4.69) is 4.99 Å². The highest BCUT2D eigenvalue weighted by molar-refractivity contribution is 7.89. The third-order valence-electron chi connectivity index (χ3n) is 5.26. The van der Waals surface area contributed by atoms with E-state index in [9.17, 15) is 17.6 Å². The molecular weight excluding hydrogens is 461 g/mol. The summed E-state index contributed by atoms with van der Waals surface area (Å²) in [6.45, 7) is 2.35. The first-order valence-electron chi connectivity index (χ1n) is 10.3. The van der Waals surface area contributed by atoms with Crippen molar-refractivity contribution in [2.24, 2.45) is 12.0 Å². The van der Waals surface area contributed by atoms with Crippen molar-refractivity contribution in [1.82, 2.24) is 8.87 Å². The van der Waals surface area contributed by atoms with Crippen LogP contribution in [-0.2, 0) is 23.6 Å². The zero-order valence-electron chi connectivity index (χ0n) is 18.1. The van der Waals surface area contributed by atoms with E-state index >= 15 is 0 Å². The van der Waals surface area contributed by atoms with Gasteiger partial charge in [-0.2, -0.15) is 9.30 Å². The fourth-order valence-electron chi connectivity index (χ4n) is 3.49. The topological polar surface area (TPSA) is 71.7 Å². The summed E-state index contributed by atoms with van der Waals surface area (Å²) >= 11 is 1.21. The number of hydrogen-bond donors (Lipinski definition) is 0. The number of amides is 1. The Hall–Kier alpha value is -3.14. The lowest BCUT2D eigenvalue weighted by molar-refractivity contribution is 0.0998. The summed E-state index contributed by atoms with van der Waals surface area (Å²) in [6.07, 6.45) is 0. The maximum absolute atomic E-state index is 14.1. The minimum Gasteiger partial charge on any atom is -0.317 e. The normalized spacial score (nSPS) is 12.5. The summed E-state index contributed by atoms with van der Waals surface area (Å²) in [7, 11) is -2.08. The smallest absolute Gasteiger partial charge is 0.279 e. The standard InChI is InChI=1S/C24H22FN3O3S2/c1-3-28(16-17-8-5-4-6-9-17)33(30,31)19-14-12-18(13-15-19)23(29)26-24-27(2)22-20(25)10-7-11-21(22)32-24/h4-15H,3,16H2,1-2H3. The molecule has 0 atom stereocenters. The number of halogens is 1. The third kappa shape index (κ3) is 4.66. The number of carbonyl (C=O) groups is 1. The maximum atomic E-state index is 14.1. The van der Waals surface area contributed by atoms with Crippen LogP contribution in [0.4, 0.5) is 4.39 Å². The summed E-state index contributed by atoms with van der Waals surface area (Å²) in [6, 6.07) is 19.8. The second kappa shape index (κ2) is 9.38. The van der Waals surface area contributed by atoms with Gasteiger partial charge < -0.3 is 4.57 Å². The summed E-state index contributed by atoms with van der Waals surface area (Å²) in [5.41, 5.74) is 1.52. The van der Waals surface area contributed by atoms with Crippen molar-refractivity contribution in [3.05, 3.63) is 94.5 Å². The number of nitrogens with zero attached hydrogens (tertiary/aromatic N) is 3. The van der Waals surface area contributed by atoms with Gasteiger partial charge in [0, 0.05) is 25.7 Å². The molecule has 0 saturated heterocycles. The van der Waals surface area contributed by atoms with Gasteiger partial charge in [-0.15, -0.1) is 0 Å². The first-order chi connectivity index (χ1) is 15.8. The molecule has 0 radical (unpaired) electrons.